The van der Waals surface area contributed by atoms with Gasteiger partial charge in [-0.3, -0.25) is 0 Å². The summed E-state index contributed by atoms with van der Waals surface area (Å²) in [5.41, 5.74) is 1.29. The van der Waals surface area contributed by atoms with Gasteiger partial charge in [-0.05, 0) is 25.0 Å². The molecular formula is C19H19NO. The van der Waals surface area contributed by atoms with Crippen molar-refractivity contribution in [3.63, 3.8) is 0 Å². The Bertz CT molecular complexity index is 636. The molecule has 21 heavy (non-hydrogen) atoms. The summed E-state index contributed by atoms with van der Waals surface area (Å²) < 4.78 is 0. The van der Waals surface area contributed by atoms with Crippen molar-refractivity contribution in [3.05, 3.63) is 65.7 Å². The molecule has 1 aliphatic rings. The lowest BCUT2D eigenvalue weighted by molar-refractivity contribution is 0.145. The predicted molar refractivity (Wildman–Crippen MR) is 86.2 cm³/mol. The first kappa shape index (κ1) is 13.7. The average Bonchev–Trinajstić information content (AvgIpc) is 3.09. The van der Waals surface area contributed by atoms with Crippen LogP contribution in [-0.4, -0.2) is 18.2 Å². The van der Waals surface area contributed by atoms with Crippen molar-refractivity contribution in [1.82, 2.24) is 0 Å². The molecule has 2 nitrogen and oxygen atoms in total. The minimum atomic E-state index is -1.37. The normalized spacial score (nSPS) is 17.2. The van der Waals surface area contributed by atoms with Crippen molar-refractivity contribution in [2.75, 3.05) is 18.0 Å². The maximum absolute atomic E-state index is 10.9. The molecule has 0 bridgehead atoms. The minimum absolute atomic E-state index is 0.724. The minimum Gasteiger partial charge on any atom is -0.372 e. The molecule has 106 valence electrons. The standard InChI is InChI=1S/C19H19NO/c1-2-19(21,16-8-4-3-5-9-16)17-10-12-18(13-11-17)20-14-6-7-15-20/h1,3-5,8-13,21H,6-7,14-15H2. The van der Waals surface area contributed by atoms with E-state index >= 15 is 0 Å². The van der Waals surface area contributed by atoms with Gasteiger partial charge in [-0.25, -0.2) is 0 Å². The van der Waals surface area contributed by atoms with Crippen LogP contribution in [0.4, 0.5) is 5.69 Å². The Morgan fingerprint density at radius 2 is 1.48 bits per heavy atom. The summed E-state index contributed by atoms with van der Waals surface area (Å²) in [5.74, 6) is 2.54. The van der Waals surface area contributed by atoms with Gasteiger partial charge >= 0.3 is 0 Å². The zero-order valence-corrected chi connectivity index (χ0v) is 12.0. The van der Waals surface area contributed by atoms with Crippen LogP contribution < -0.4 is 4.90 Å². The molecule has 0 amide bonds. The van der Waals surface area contributed by atoms with Gasteiger partial charge in [0.2, 0.25) is 0 Å². The molecule has 1 atom stereocenters. The number of rotatable bonds is 3. The first-order valence-electron chi connectivity index (χ1n) is 7.35. The fourth-order valence-corrected chi connectivity index (χ4v) is 2.90. The van der Waals surface area contributed by atoms with Crippen LogP contribution in [0, 0.1) is 12.3 Å². The van der Waals surface area contributed by atoms with Crippen molar-refractivity contribution in [1.29, 1.82) is 0 Å². The SMILES string of the molecule is C#CC(O)(c1ccccc1)c1ccc(N2CCCC2)cc1. The molecule has 1 fully saturated rings. The molecule has 1 saturated heterocycles. The molecule has 0 spiro atoms. The van der Waals surface area contributed by atoms with Gasteiger partial charge < -0.3 is 10.0 Å². The van der Waals surface area contributed by atoms with Crippen molar-refractivity contribution >= 4 is 5.69 Å². The van der Waals surface area contributed by atoms with Crippen LogP contribution in [0.1, 0.15) is 24.0 Å². The van der Waals surface area contributed by atoms with Crippen LogP contribution in [0.2, 0.25) is 0 Å². The fourth-order valence-electron chi connectivity index (χ4n) is 2.90. The first-order valence-corrected chi connectivity index (χ1v) is 7.35. The van der Waals surface area contributed by atoms with Crippen LogP contribution in [0.25, 0.3) is 0 Å². The second-order valence-electron chi connectivity index (χ2n) is 5.46. The zero-order valence-electron chi connectivity index (χ0n) is 12.0. The van der Waals surface area contributed by atoms with Gasteiger partial charge in [0.1, 0.15) is 0 Å². The lowest BCUT2D eigenvalue weighted by Gasteiger charge is -2.25. The third-order valence-corrected chi connectivity index (χ3v) is 4.16. The van der Waals surface area contributed by atoms with E-state index in [1.54, 1.807) is 0 Å². The van der Waals surface area contributed by atoms with Crippen molar-refractivity contribution in [3.8, 4) is 12.3 Å². The third kappa shape index (κ3) is 2.53. The average molecular weight is 277 g/mol. The lowest BCUT2D eigenvalue weighted by atomic mass is 9.87. The zero-order chi connectivity index (χ0) is 14.7. The highest BCUT2D eigenvalue weighted by Gasteiger charge is 2.29. The number of hydrogen-bond acceptors (Lipinski definition) is 2. The highest BCUT2D eigenvalue weighted by Crippen LogP contribution is 2.30. The van der Waals surface area contributed by atoms with Gasteiger partial charge in [-0.15, -0.1) is 6.42 Å². The molecule has 3 rings (SSSR count). The molecule has 2 heteroatoms. The van der Waals surface area contributed by atoms with Gasteiger partial charge in [0, 0.05) is 29.9 Å². The molecular weight excluding hydrogens is 258 g/mol. The van der Waals surface area contributed by atoms with E-state index in [-0.39, 0.29) is 0 Å². The molecule has 1 aliphatic heterocycles. The molecule has 1 heterocycles. The van der Waals surface area contributed by atoms with Crippen LogP contribution in [0.3, 0.4) is 0 Å². The van der Waals surface area contributed by atoms with E-state index in [1.165, 1.54) is 18.5 Å². The third-order valence-electron chi connectivity index (χ3n) is 4.16. The molecule has 1 N–H and O–H groups in total. The monoisotopic (exact) mass is 277 g/mol. The van der Waals surface area contributed by atoms with Gasteiger partial charge in [0.25, 0.3) is 0 Å². The molecule has 2 aromatic rings. The van der Waals surface area contributed by atoms with Crippen LogP contribution >= 0.6 is 0 Å². The van der Waals surface area contributed by atoms with E-state index in [0.29, 0.717) is 0 Å². The Hall–Kier alpha value is -2.24. The molecule has 1 unspecified atom stereocenters. The van der Waals surface area contributed by atoms with Crippen LogP contribution in [0.15, 0.2) is 54.6 Å². The molecule has 0 radical (unpaired) electrons. The van der Waals surface area contributed by atoms with Gasteiger partial charge in [-0.1, -0.05) is 48.4 Å². The number of aliphatic hydroxyl groups is 1. The van der Waals surface area contributed by atoms with Gasteiger partial charge in [0.05, 0.1) is 0 Å². The first-order chi connectivity index (χ1) is 10.2. The molecule has 2 aromatic carbocycles. The lowest BCUT2D eigenvalue weighted by Crippen LogP contribution is -2.25. The predicted octanol–water partition coefficient (Wildman–Crippen LogP) is 3.16. The number of anilines is 1. The number of benzene rings is 2. The van der Waals surface area contributed by atoms with Crippen molar-refractivity contribution in [2.45, 2.75) is 18.4 Å². The van der Waals surface area contributed by atoms with E-state index in [0.717, 1.165) is 24.2 Å². The summed E-state index contributed by atoms with van der Waals surface area (Å²) in [4.78, 5) is 2.36. The highest BCUT2D eigenvalue weighted by atomic mass is 16.3. The summed E-state index contributed by atoms with van der Waals surface area (Å²) in [6, 6.07) is 17.4. The second-order valence-corrected chi connectivity index (χ2v) is 5.46. The molecule has 0 aromatic heterocycles. The van der Waals surface area contributed by atoms with Crippen LogP contribution in [-0.2, 0) is 5.60 Å². The Labute approximate surface area is 126 Å². The van der Waals surface area contributed by atoms with Crippen LogP contribution in [0.5, 0.6) is 0 Å². The van der Waals surface area contributed by atoms with Crippen molar-refractivity contribution < 1.29 is 5.11 Å². The van der Waals surface area contributed by atoms with E-state index in [2.05, 4.69) is 10.8 Å². The Morgan fingerprint density at radius 3 is 2.05 bits per heavy atom. The van der Waals surface area contributed by atoms with Crippen molar-refractivity contribution in [2.24, 2.45) is 0 Å². The molecule has 0 saturated carbocycles. The highest BCUT2D eigenvalue weighted by molar-refractivity contribution is 5.52. The number of nitrogens with zero attached hydrogens (tertiary/aromatic N) is 1. The largest absolute Gasteiger partial charge is 0.372 e. The summed E-state index contributed by atoms with van der Waals surface area (Å²) >= 11 is 0. The van der Waals surface area contributed by atoms with Gasteiger partial charge in [-0.2, -0.15) is 0 Å². The quantitative estimate of drug-likeness (QED) is 0.871. The summed E-state index contributed by atoms with van der Waals surface area (Å²) in [6.45, 7) is 2.22. The second kappa shape index (κ2) is 5.63. The Morgan fingerprint density at radius 1 is 0.905 bits per heavy atom. The maximum atomic E-state index is 10.9. The van der Waals surface area contributed by atoms with E-state index < -0.39 is 5.60 Å². The smallest absolute Gasteiger partial charge is 0.176 e. The van der Waals surface area contributed by atoms with Gasteiger partial charge in [0.15, 0.2) is 5.60 Å². The topological polar surface area (TPSA) is 23.5 Å². The molecule has 0 aliphatic carbocycles. The Balaban J connectivity index is 1.93. The summed E-state index contributed by atoms with van der Waals surface area (Å²) in [6.07, 6.45) is 8.12. The van der Waals surface area contributed by atoms with E-state index in [9.17, 15) is 5.11 Å². The summed E-state index contributed by atoms with van der Waals surface area (Å²) in [5, 5.41) is 10.9. The summed E-state index contributed by atoms with van der Waals surface area (Å²) in [7, 11) is 0. The number of hydrogen-bond donors (Lipinski definition) is 1. The maximum Gasteiger partial charge on any atom is 0.176 e. The Kier molecular flexibility index (Phi) is 3.68. The fraction of sp³-hybridized carbons (Fsp3) is 0.263. The van der Waals surface area contributed by atoms with E-state index in [4.69, 9.17) is 6.42 Å². The van der Waals surface area contributed by atoms with E-state index in [1.807, 2.05) is 54.6 Å². The number of terminal acetylenes is 1.